The number of rotatable bonds is 5. The molecule has 2 aromatic rings. The van der Waals surface area contributed by atoms with E-state index >= 15 is 0 Å². The fraction of sp³-hybridized carbons (Fsp3) is 0.167. The molecule has 1 aromatic heterocycles. The van der Waals surface area contributed by atoms with Gasteiger partial charge in [-0.2, -0.15) is 0 Å². The zero-order valence-electron chi connectivity index (χ0n) is 10.1. The SMILES string of the molecule is CSc1cccc(OC#N)c1COc1ccn(S)n1. The van der Waals surface area contributed by atoms with Crippen LogP contribution in [0.2, 0.25) is 0 Å². The van der Waals surface area contributed by atoms with Crippen molar-refractivity contribution in [2.75, 3.05) is 6.26 Å². The van der Waals surface area contributed by atoms with Crippen molar-refractivity contribution in [2.24, 2.45) is 0 Å². The molecule has 0 saturated carbocycles. The Bertz CT molecular complexity index is 607. The molecule has 5 nitrogen and oxygen atoms in total. The molecule has 0 aliphatic heterocycles. The van der Waals surface area contributed by atoms with Crippen LogP contribution in [-0.4, -0.2) is 15.4 Å². The van der Waals surface area contributed by atoms with Crippen LogP contribution in [0.4, 0.5) is 0 Å². The van der Waals surface area contributed by atoms with E-state index in [0.29, 0.717) is 11.6 Å². The van der Waals surface area contributed by atoms with Crippen LogP contribution >= 0.6 is 24.6 Å². The van der Waals surface area contributed by atoms with Gasteiger partial charge in [0.15, 0.2) is 0 Å². The van der Waals surface area contributed by atoms with Crippen molar-refractivity contribution in [3.8, 4) is 17.9 Å². The van der Waals surface area contributed by atoms with Crippen LogP contribution in [0.15, 0.2) is 35.4 Å². The molecule has 0 atom stereocenters. The summed E-state index contributed by atoms with van der Waals surface area (Å²) < 4.78 is 11.9. The van der Waals surface area contributed by atoms with Crippen LogP contribution < -0.4 is 9.47 Å². The number of thiol groups is 1. The zero-order chi connectivity index (χ0) is 13.7. The van der Waals surface area contributed by atoms with Crippen molar-refractivity contribution < 1.29 is 9.47 Å². The molecule has 7 heteroatoms. The first-order chi connectivity index (χ1) is 9.24. The third kappa shape index (κ3) is 3.36. The highest BCUT2D eigenvalue weighted by Gasteiger charge is 2.11. The van der Waals surface area contributed by atoms with Crippen LogP contribution in [-0.2, 0) is 6.61 Å². The third-order valence-corrected chi connectivity index (χ3v) is 3.43. The van der Waals surface area contributed by atoms with Gasteiger partial charge < -0.3 is 9.47 Å². The molecule has 0 fully saturated rings. The van der Waals surface area contributed by atoms with E-state index in [1.54, 1.807) is 36.3 Å². The first-order valence-electron chi connectivity index (χ1n) is 5.34. The largest absolute Gasteiger partial charge is 0.472 e. The second-order valence-electron chi connectivity index (χ2n) is 3.49. The molecule has 0 unspecified atom stereocenters. The van der Waals surface area contributed by atoms with Crippen molar-refractivity contribution in [3.63, 3.8) is 0 Å². The van der Waals surface area contributed by atoms with Gasteiger partial charge >= 0.3 is 0 Å². The molecule has 19 heavy (non-hydrogen) atoms. The van der Waals surface area contributed by atoms with Gasteiger partial charge in [-0.25, -0.2) is 4.09 Å². The van der Waals surface area contributed by atoms with Crippen LogP contribution in [0.3, 0.4) is 0 Å². The Kier molecular flexibility index (Phi) is 4.60. The minimum Gasteiger partial charge on any atom is -0.472 e. The topological polar surface area (TPSA) is 60.1 Å². The first kappa shape index (κ1) is 13.6. The van der Waals surface area contributed by atoms with E-state index in [1.807, 2.05) is 18.4 Å². The van der Waals surface area contributed by atoms with E-state index in [-0.39, 0.29) is 6.61 Å². The van der Waals surface area contributed by atoms with Crippen LogP contribution in [0.1, 0.15) is 5.56 Å². The Morgan fingerprint density at radius 3 is 2.95 bits per heavy atom. The Labute approximate surface area is 120 Å². The monoisotopic (exact) mass is 293 g/mol. The maximum absolute atomic E-state index is 8.65. The predicted octanol–water partition coefficient (Wildman–Crippen LogP) is 2.74. The summed E-state index contributed by atoms with van der Waals surface area (Å²) in [6.45, 7) is 0.277. The van der Waals surface area contributed by atoms with Crippen molar-refractivity contribution in [3.05, 3.63) is 36.0 Å². The summed E-state index contributed by atoms with van der Waals surface area (Å²) in [5.41, 5.74) is 0.824. The Morgan fingerprint density at radius 1 is 1.47 bits per heavy atom. The fourth-order valence-electron chi connectivity index (χ4n) is 1.54. The quantitative estimate of drug-likeness (QED) is 0.522. The van der Waals surface area contributed by atoms with Crippen LogP contribution in [0.25, 0.3) is 0 Å². The Hall–Kier alpha value is -1.78. The van der Waals surface area contributed by atoms with Crippen molar-refractivity contribution in [2.45, 2.75) is 11.5 Å². The average Bonchev–Trinajstić information content (AvgIpc) is 2.83. The Balaban J connectivity index is 2.20. The standard InChI is InChI=1S/C12H11N3O2S2/c1-19-11-4-2-3-10(17-8-13)9(11)7-16-12-5-6-15(18)14-12/h2-6,18H,7H2,1H3. The Morgan fingerprint density at radius 2 is 2.32 bits per heavy atom. The van der Waals surface area contributed by atoms with E-state index in [9.17, 15) is 0 Å². The number of hydrogen-bond acceptors (Lipinski definition) is 6. The predicted molar refractivity (Wildman–Crippen MR) is 75.4 cm³/mol. The maximum Gasteiger partial charge on any atom is 0.292 e. The lowest BCUT2D eigenvalue weighted by atomic mass is 10.2. The lowest BCUT2D eigenvalue weighted by Gasteiger charge is -2.11. The molecule has 0 aliphatic carbocycles. The number of nitriles is 1. The van der Waals surface area contributed by atoms with E-state index < -0.39 is 0 Å². The summed E-state index contributed by atoms with van der Waals surface area (Å²) in [6, 6.07) is 7.23. The zero-order valence-corrected chi connectivity index (χ0v) is 11.8. The summed E-state index contributed by atoms with van der Waals surface area (Å²) in [4.78, 5) is 0.998. The minimum absolute atomic E-state index is 0.277. The molecule has 0 radical (unpaired) electrons. The summed E-state index contributed by atoms with van der Waals surface area (Å²) in [5.74, 6) is 0.966. The molecule has 98 valence electrons. The number of hydrogen-bond donors (Lipinski definition) is 1. The number of benzene rings is 1. The molecular weight excluding hydrogens is 282 g/mol. The molecule has 1 heterocycles. The highest BCUT2D eigenvalue weighted by Crippen LogP contribution is 2.29. The second-order valence-corrected chi connectivity index (χ2v) is 4.75. The van der Waals surface area contributed by atoms with Gasteiger partial charge in [0, 0.05) is 22.7 Å². The maximum atomic E-state index is 8.65. The van der Waals surface area contributed by atoms with E-state index in [0.717, 1.165) is 10.5 Å². The highest BCUT2D eigenvalue weighted by atomic mass is 32.2. The minimum atomic E-state index is 0.277. The second kappa shape index (κ2) is 6.41. The van der Waals surface area contributed by atoms with Gasteiger partial charge in [0.25, 0.3) is 6.26 Å². The van der Waals surface area contributed by atoms with Gasteiger partial charge in [0.1, 0.15) is 12.4 Å². The molecular formula is C12H11N3O2S2. The molecule has 2 rings (SSSR count). The van der Waals surface area contributed by atoms with Gasteiger partial charge in [-0.05, 0) is 31.2 Å². The molecule has 0 amide bonds. The molecule has 0 saturated heterocycles. The number of nitrogens with zero attached hydrogens (tertiary/aromatic N) is 3. The van der Waals surface area contributed by atoms with Crippen molar-refractivity contribution >= 4 is 24.6 Å². The summed E-state index contributed by atoms with van der Waals surface area (Å²) in [5, 5.41) is 12.7. The summed E-state index contributed by atoms with van der Waals surface area (Å²) in [6.07, 6.45) is 5.31. The van der Waals surface area contributed by atoms with Gasteiger partial charge in [0.2, 0.25) is 5.88 Å². The third-order valence-electron chi connectivity index (χ3n) is 2.38. The highest BCUT2D eigenvalue weighted by molar-refractivity contribution is 7.98. The van der Waals surface area contributed by atoms with E-state index in [2.05, 4.69) is 17.9 Å². The number of thioether (sulfide) groups is 1. The fourth-order valence-corrected chi connectivity index (χ4v) is 2.32. The molecule has 0 spiro atoms. The lowest BCUT2D eigenvalue weighted by molar-refractivity contribution is 0.285. The van der Waals surface area contributed by atoms with Gasteiger partial charge in [-0.1, -0.05) is 6.07 Å². The number of ether oxygens (including phenoxy) is 2. The summed E-state index contributed by atoms with van der Waals surface area (Å²) >= 11 is 5.60. The number of aromatic nitrogens is 2. The molecule has 0 bridgehead atoms. The first-order valence-corrected chi connectivity index (χ1v) is 6.96. The summed E-state index contributed by atoms with van der Waals surface area (Å²) in [7, 11) is 0. The van der Waals surface area contributed by atoms with Crippen molar-refractivity contribution in [1.82, 2.24) is 9.19 Å². The van der Waals surface area contributed by atoms with Crippen LogP contribution in [0.5, 0.6) is 11.6 Å². The molecule has 1 aromatic carbocycles. The van der Waals surface area contributed by atoms with Gasteiger partial charge in [-0.15, -0.1) is 22.1 Å². The van der Waals surface area contributed by atoms with Crippen LogP contribution in [0, 0.1) is 11.5 Å². The normalized spacial score (nSPS) is 9.95. The lowest BCUT2D eigenvalue weighted by Crippen LogP contribution is -2.01. The smallest absolute Gasteiger partial charge is 0.292 e. The molecule has 0 aliphatic rings. The van der Waals surface area contributed by atoms with E-state index in [1.165, 1.54) is 4.09 Å². The van der Waals surface area contributed by atoms with Crippen molar-refractivity contribution in [1.29, 1.82) is 5.26 Å². The van der Waals surface area contributed by atoms with Gasteiger partial charge in [-0.3, -0.25) is 0 Å². The average molecular weight is 293 g/mol. The molecule has 0 N–H and O–H groups in total. The van der Waals surface area contributed by atoms with E-state index in [4.69, 9.17) is 14.7 Å². The van der Waals surface area contributed by atoms with Gasteiger partial charge in [0.05, 0.1) is 0 Å².